The number of rotatable bonds is 6. The van der Waals surface area contributed by atoms with Crippen LogP contribution in [0.3, 0.4) is 0 Å². The number of hydrogen-bond donors (Lipinski definition) is 1. The molecule has 1 aliphatic carbocycles. The molecule has 1 fully saturated rings. The molecular formula is C26H25Cl2FN2O4. The lowest BCUT2D eigenvalue weighted by Crippen LogP contribution is -2.46. The van der Waals surface area contributed by atoms with Gasteiger partial charge in [0.15, 0.2) is 0 Å². The standard InChI is InChI=1S/C26H25Cl2FN2O4/c1-34-23-18(24(32)35-2)13-15-11-17(27)12-16(22(15)31-23)14-30-25(33)26(9-4-3-5-10-26)21-19(28)7-6-8-20(21)29/h6-8,11-13H,3-5,9-10,14H2,1-2H3,(H,30,33). The Kier molecular flexibility index (Phi) is 7.47. The predicted molar refractivity (Wildman–Crippen MR) is 133 cm³/mol. The van der Waals surface area contributed by atoms with Crippen molar-refractivity contribution >= 4 is 46.0 Å². The minimum absolute atomic E-state index is 0.0947. The number of carbonyl (C=O) groups is 2. The van der Waals surface area contributed by atoms with Crippen LogP contribution in [-0.4, -0.2) is 31.1 Å². The molecule has 0 saturated heterocycles. The summed E-state index contributed by atoms with van der Waals surface area (Å²) in [6, 6.07) is 9.44. The van der Waals surface area contributed by atoms with Crippen molar-refractivity contribution < 1.29 is 23.5 Å². The van der Waals surface area contributed by atoms with Crippen LogP contribution in [-0.2, 0) is 21.5 Å². The number of fused-ring (bicyclic) bond motifs is 1. The minimum atomic E-state index is -1.06. The molecule has 1 saturated carbocycles. The zero-order chi connectivity index (χ0) is 25.2. The number of carbonyl (C=O) groups excluding carboxylic acids is 2. The topological polar surface area (TPSA) is 77.5 Å². The predicted octanol–water partition coefficient (Wildman–Crippen LogP) is 5.99. The molecule has 1 N–H and O–H groups in total. The third-order valence-electron chi connectivity index (χ3n) is 6.55. The normalized spacial score (nSPS) is 15.0. The summed E-state index contributed by atoms with van der Waals surface area (Å²) in [5.41, 5.74) is 0.493. The van der Waals surface area contributed by atoms with Gasteiger partial charge in [-0.2, -0.15) is 0 Å². The van der Waals surface area contributed by atoms with Crippen molar-refractivity contribution in [1.82, 2.24) is 10.3 Å². The number of aromatic nitrogens is 1. The third kappa shape index (κ3) is 4.80. The van der Waals surface area contributed by atoms with E-state index in [1.807, 2.05) is 0 Å². The highest BCUT2D eigenvalue weighted by Gasteiger charge is 2.44. The molecule has 6 nitrogen and oxygen atoms in total. The lowest BCUT2D eigenvalue weighted by molar-refractivity contribution is -0.128. The lowest BCUT2D eigenvalue weighted by Gasteiger charge is -2.37. The van der Waals surface area contributed by atoms with Crippen LogP contribution in [0.25, 0.3) is 10.9 Å². The summed E-state index contributed by atoms with van der Waals surface area (Å²) in [5.74, 6) is -1.27. The largest absolute Gasteiger partial charge is 0.480 e. The van der Waals surface area contributed by atoms with Gasteiger partial charge in [-0.3, -0.25) is 4.79 Å². The van der Waals surface area contributed by atoms with Gasteiger partial charge in [-0.15, -0.1) is 0 Å². The Bertz CT molecular complexity index is 1270. The Hall–Kier alpha value is -2.90. The van der Waals surface area contributed by atoms with Crippen LogP contribution < -0.4 is 10.1 Å². The Labute approximate surface area is 212 Å². The zero-order valence-electron chi connectivity index (χ0n) is 19.4. The van der Waals surface area contributed by atoms with Crippen molar-refractivity contribution in [3.8, 4) is 5.88 Å². The molecule has 1 heterocycles. The van der Waals surface area contributed by atoms with E-state index in [0.29, 0.717) is 34.3 Å². The fourth-order valence-corrected chi connectivity index (χ4v) is 5.49. The average Bonchev–Trinajstić information content (AvgIpc) is 2.86. The first-order valence-electron chi connectivity index (χ1n) is 11.3. The summed E-state index contributed by atoms with van der Waals surface area (Å²) in [6.07, 6.45) is 3.58. The summed E-state index contributed by atoms with van der Waals surface area (Å²) < 4.78 is 25.0. The van der Waals surface area contributed by atoms with Crippen LogP contribution in [0.5, 0.6) is 5.88 Å². The summed E-state index contributed by atoms with van der Waals surface area (Å²) in [7, 11) is 2.68. The lowest BCUT2D eigenvalue weighted by atomic mass is 9.68. The van der Waals surface area contributed by atoms with Crippen LogP contribution in [0.4, 0.5) is 4.39 Å². The number of nitrogens with zero attached hydrogens (tertiary/aromatic N) is 1. The Morgan fingerprint density at radius 3 is 2.51 bits per heavy atom. The molecule has 0 unspecified atom stereocenters. The highest BCUT2D eigenvalue weighted by molar-refractivity contribution is 6.32. The number of ether oxygens (including phenoxy) is 2. The number of hydrogen-bond acceptors (Lipinski definition) is 5. The van der Waals surface area contributed by atoms with Gasteiger partial charge in [-0.25, -0.2) is 14.2 Å². The number of pyridine rings is 1. The number of nitrogens with one attached hydrogen (secondary N) is 1. The number of benzene rings is 2. The molecule has 35 heavy (non-hydrogen) atoms. The number of amides is 1. The second-order valence-electron chi connectivity index (χ2n) is 8.60. The van der Waals surface area contributed by atoms with Crippen LogP contribution in [0.1, 0.15) is 53.6 Å². The quantitative estimate of drug-likeness (QED) is 0.405. The minimum Gasteiger partial charge on any atom is -0.480 e. The van der Waals surface area contributed by atoms with Gasteiger partial charge in [-0.1, -0.05) is 48.5 Å². The fourth-order valence-electron chi connectivity index (χ4n) is 4.90. The van der Waals surface area contributed by atoms with Gasteiger partial charge in [0.2, 0.25) is 11.8 Å². The van der Waals surface area contributed by atoms with E-state index in [9.17, 15) is 14.0 Å². The molecule has 0 bridgehead atoms. The van der Waals surface area contributed by atoms with Gasteiger partial charge >= 0.3 is 5.97 Å². The first-order chi connectivity index (χ1) is 16.8. The molecule has 1 aromatic heterocycles. The summed E-state index contributed by atoms with van der Waals surface area (Å²) in [5, 5.41) is 4.22. The summed E-state index contributed by atoms with van der Waals surface area (Å²) in [6.45, 7) is 0.0947. The van der Waals surface area contributed by atoms with E-state index in [1.54, 1.807) is 24.3 Å². The molecule has 0 radical (unpaired) electrons. The first-order valence-corrected chi connectivity index (χ1v) is 12.0. The highest BCUT2D eigenvalue weighted by Crippen LogP contribution is 2.44. The summed E-state index contributed by atoms with van der Waals surface area (Å²) >= 11 is 12.7. The van der Waals surface area contributed by atoms with Crippen LogP contribution in [0.2, 0.25) is 10.0 Å². The molecular weight excluding hydrogens is 494 g/mol. The highest BCUT2D eigenvalue weighted by atomic mass is 35.5. The van der Waals surface area contributed by atoms with E-state index in [4.69, 9.17) is 32.7 Å². The van der Waals surface area contributed by atoms with Gasteiger partial charge in [0, 0.05) is 27.5 Å². The Morgan fingerprint density at radius 2 is 1.86 bits per heavy atom. The van der Waals surface area contributed by atoms with Crippen LogP contribution in [0.15, 0.2) is 36.4 Å². The molecule has 0 aliphatic heterocycles. The van der Waals surface area contributed by atoms with E-state index in [2.05, 4.69) is 10.3 Å². The fraction of sp³-hybridized carbons (Fsp3) is 0.346. The van der Waals surface area contributed by atoms with E-state index in [-0.39, 0.29) is 34.5 Å². The van der Waals surface area contributed by atoms with Gasteiger partial charge in [0.25, 0.3) is 0 Å². The van der Waals surface area contributed by atoms with E-state index in [0.717, 1.165) is 19.3 Å². The van der Waals surface area contributed by atoms with E-state index in [1.165, 1.54) is 26.4 Å². The third-order valence-corrected chi connectivity index (χ3v) is 7.08. The molecule has 1 amide bonds. The SMILES string of the molecule is COC(=O)c1cc2cc(Cl)cc(CNC(=O)C3(c4c(F)cccc4Cl)CCCCC3)c2nc1OC. The maximum atomic E-state index is 14.9. The van der Waals surface area contributed by atoms with Crippen molar-refractivity contribution in [1.29, 1.82) is 0 Å². The van der Waals surface area contributed by atoms with E-state index < -0.39 is 17.2 Å². The second kappa shape index (κ2) is 10.4. The van der Waals surface area contributed by atoms with Crippen molar-refractivity contribution in [2.24, 2.45) is 0 Å². The molecule has 1 aliphatic rings. The van der Waals surface area contributed by atoms with E-state index >= 15 is 0 Å². The van der Waals surface area contributed by atoms with Crippen molar-refractivity contribution in [2.45, 2.75) is 44.1 Å². The molecule has 3 aromatic rings. The maximum absolute atomic E-state index is 14.9. The molecule has 4 rings (SSSR count). The maximum Gasteiger partial charge on any atom is 0.343 e. The molecule has 0 atom stereocenters. The first kappa shape index (κ1) is 25.2. The monoisotopic (exact) mass is 518 g/mol. The zero-order valence-corrected chi connectivity index (χ0v) is 20.9. The van der Waals surface area contributed by atoms with Crippen molar-refractivity contribution in [3.63, 3.8) is 0 Å². The molecule has 9 heteroatoms. The van der Waals surface area contributed by atoms with Crippen LogP contribution in [0, 0.1) is 5.82 Å². The molecule has 0 spiro atoms. The molecule has 184 valence electrons. The number of halogens is 3. The van der Waals surface area contributed by atoms with Crippen molar-refractivity contribution in [2.75, 3.05) is 14.2 Å². The summed E-state index contributed by atoms with van der Waals surface area (Å²) in [4.78, 5) is 30.3. The average molecular weight is 519 g/mol. The van der Waals surface area contributed by atoms with Crippen LogP contribution >= 0.6 is 23.2 Å². The second-order valence-corrected chi connectivity index (χ2v) is 9.44. The number of methoxy groups -OCH3 is 2. The Balaban J connectivity index is 1.71. The number of esters is 1. The van der Waals surface area contributed by atoms with Gasteiger partial charge in [0.05, 0.1) is 25.2 Å². The van der Waals surface area contributed by atoms with Gasteiger partial charge in [0.1, 0.15) is 11.4 Å². The van der Waals surface area contributed by atoms with Gasteiger partial charge < -0.3 is 14.8 Å². The van der Waals surface area contributed by atoms with Gasteiger partial charge in [-0.05, 0) is 48.7 Å². The molecule has 2 aromatic carbocycles. The Morgan fingerprint density at radius 1 is 1.11 bits per heavy atom. The smallest absolute Gasteiger partial charge is 0.343 e. The van der Waals surface area contributed by atoms with Crippen molar-refractivity contribution in [3.05, 3.63) is 69.0 Å².